The van der Waals surface area contributed by atoms with Crippen LogP contribution in [-0.2, 0) is 7.05 Å². The molecule has 1 aliphatic heterocycles. The summed E-state index contributed by atoms with van der Waals surface area (Å²) in [5.41, 5.74) is 1.15. The number of nitrogens with zero attached hydrogens (tertiary/aromatic N) is 5. The molecule has 0 bridgehead atoms. The van der Waals surface area contributed by atoms with Gasteiger partial charge in [-0.3, -0.25) is 19.8 Å². The highest BCUT2D eigenvalue weighted by molar-refractivity contribution is 6.04. The van der Waals surface area contributed by atoms with Gasteiger partial charge in [0.25, 0.3) is 11.2 Å². The van der Waals surface area contributed by atoms with Crippen molar-refractivity contribution in [2.45, 2.75) is 12.8 Å². The van der Waals surface area contributed by atoms with Crippen LogP contribution in [0.2, 0.25) is 0 Å². The molecule has 1 saturated heterocycles. The Hall–Kier alpha value is -4.25. The number of hydrogen-bond acceptors (Lipinski definition) is 9. The number of hydrogen-bond donors (Lipinski definition) is 1. The highest BCUT2D eigenvalue weighted by Crippen LogP contribution is 2.32. The molecule has 2 aromatic heterocycles. The largest absolute Gasteiger partial charge is 0.494 e. The van der Waals surface area contributed by atoms with Gasteiger partial charge in [-0.15, -0.1) is 0 Å². The Morgan fingerprint density at radius 2 is 1.94 bits per heavy atom. The standard InChI is InChI=1S/C25H26N6O5/c1-29-21-15-26-25(28-23(21)18-7-5-16(31(33)34)13-19(18)24(29)32)27-20-8-6-17(14-22(20)35-2)36-12-11-30-9-3-4-10-30/h5-8,13-15H,3-4,9-12H2,1-2H3,(H,26,27,28). The maximum absolute atomic E-state index is 12.8. The van der Waals surface area contributed by atoms with Gasteiger partial charge in [-0.05, 0) is 44.1 Å². The molecule has 4 aromatic rings. The van der Waals surface area contributed by atoms with Crippen molar-refractivity contribution >= 4 is 39.1 Å². The van der Waals surface area contributed by atoms with Gasteiger partial charge in [0.1, 0.15) is 23.6 Å². The van der Waals surface area contributed by atoms with Crippen LogP contribution < -0.4 is 20.3 Å². The number of nitro benzene ring substituents is 1. The van der Waals surface area contributed by atoms with Crippen LogP contribution in [0.3, 0.4) is 0 Å². The fourth-order valence-corrected chi connectivity index (χ4v) is 4.48. The van der Waals surface area contributed by atoms with Gasteiger partial charge in [0, 0.05) is 37.2 Å². The van der Waals surface area contributed by atoms with E-state index in [4.69, 9.17) is 9.47 Å². The van der Waals surface area contributed by atoms with E-state index in [9.17, 15) is 14.9 Å². The molecule has 2 aromatic carbocycles. The number of methoxy groups -OCH3 is 1. The maximum Gasteiger partial charge on any atom is 0.270 e. The summed E-state index contributed by atoms with van der Waals surface area (Å²) in [5.74, 6) is 1.57. The van der Waals surface area contributed by atoms with Crippen LogP contribution >= 0.6 is 0 Å². The maximum atomic E-state index is 12.8. The number of non-ortho nitro benzene ring substituents is 1. The minimum absolute atomic E-state index is 0.154. The van der Waals surface area contributed by atoms with Crippen molar-refractivity contribution in [1.82, 2.24) is 19.4 Å². The molecule has 5 rings (SSSR count). The predicted molar refractivity (Wildman–Crippen MR) is 136 cm³/mol. The topological polar surface area (TPSA) is 125 Å². The average Bonchev–Trinajstić information content (AvgIpc) is 3.41. The van der Waals surface area contributed by atoms with Gasteiger partial charge in [-0.2, -0.15) is 0 Å². The van der Waals surface area contributed by atoms with Gasteiger partial charge in [0.15, 0.2) is 0 Å². The molecule has 186 valence electrons. The van der Waals surface area contributed by atoms with E-state index in [1.165, 1.54) is 29.5 Å². The first-order chi connectivity index (χ1) is 17.4. The third-order valence-electron chi connectivity index (χ3n) is 6.43. The van der Waals surface area contributed by atoms with E-state index in [2.05, 4.69) is 20.2 Å². The lowest BCUT2D eigenvalue weighted by Gasteiger charge is -2.16. The van der Waals surface area contributed by atoms with Gasteiger partial charge in [-0.1, -0.05) is 0 Å². The monoisotopic (exact) mass is 490 g/mol. The van der Waals surface area contributed by atoms with Crippen LogP contribution in [0.4, 0.5) is 17.3 Å². The summed E-state index contributed by atoms with van der Waals surface area (Å²) in [6.07, 6.45) is 4.04. The van der Waals surface area contributed by atoms with Crippen molar-refractivity contribution in [3.8, 4) is 11.5 Å². The average molecular weight is 491 g/mol. The lowest BCUT2D eigenvalue weighted by Crippen LogP contribution is -2.25. The molecule has 1 aliphatic rings. The normalized spacial score (nSPS) is 13.8. The summed E-state index contributed by atoms with van der Waals surface area (Å²) in [5, 5.41) is 15.1. The molecule has 0 radical (unpaired) electrons. The number of anilines is 2. The van der Waals surface area contributed by atoms with Gasteiger partial charge in [-0.25, -0.2) is 9.97 Å². The van der Waals surface area contributed by atoms with Gasteiger partial charge in [0.2, 0.25) is 5.95 Å². The third-order valence-corrected chi connectivity index (χ3v) is 6.43. The molecular weight excluding hydrogens is 464 g/mol. The Morgan fingerprint density at radius 3 is 2.69 bits per heavy atom. The van der Waals surface area contributed by atoms with E-state index >= 15 is 0 Å². The highest BCUT2D eigenvalue weighted by Gasteiger charge is 2.16. The second-order valence-corrected chi connectivity index (χ2v) is 8.66. The van der Waals surface area contributed by atoms with Crippen molar-refractivity contribution in [2.24, 2.45) is 7.05 Å². The number of nitrogens with one attached hydrogen (secondary N) is 1. The van der Waals surface area contributed by atoms with Crippen molar-refractivity contribution in [1.29, 1.82) is 0 Å². The number of aromatic nitrogens is 3. The number of fused-ring (bicyclic) bond motifs is 3. The number of benzene rings is 2. The number of nitro groups is 1. The third kappa shape index (κ3) is 4.52. The van der Waals surface area contributed by atoms with Gasteiger partial charge < -0.3 is 19.4 Å². The van der Waals surface area contributed by atoms with E-state index in [1.54, 1.807) is 26.4 Å². The Labute approximate surface area is 206 Å². The summed E-state index contributed by atoms with van der Waals surface area (Å²) >= 11 is 0. The van der Waals surface area contributed by atoms with E-state index in [-0.39, 0.29) is 16.6 Å². The zero-order valence-corrected chi connectivity index (χ0v) is 20.1. The first-order valence-corrected chi connectivity index (χ1v) is 11.7. The number of likely N-dealkylation sites (tertiary alicyclic amines) is 1. The summed E-state index contributed by atoms with van der Waals surface area (Å²) in [6.45, 7) is 3.75. The molecule has 0 unspecified atom stereocenters. The SMILES string of the molecule is COc1cc(OCCN2CCCC2)ccc1Nc1ncc2c(n1)c1ccc([N+](=O)[O-])cc1c(=O)n2C. The molecule has 0 saturated carbocycles. The van der Waals surface area contributed by atoms with E-state index in [0.717, 1.165) is 19.6 Å². The molecule has 11 nitrogen and oxygen atoms in total. The summed E-state index contributed by atoms with van der Waals surface area (Å²) in [6, 6.07) is 9.68. The van der Waals surface area contributed by atoms with Crippen LogP contribution in [0, 0.1) is 10.1 Å². The highest BCUT2D eigenvalue weighted by atomic mass is 16.6. The summed E-state index contributed by atoms with van der Waals surface area (Å²) in [4.78, 5) is 34.9. The van der Waals surface area contributed by atoms with Crippen molar-refractivity contribution in [2.75, 3.05) is 38.7 Å². The van der Waals surface area contributed by atoms with E-state index in [1.807, 2.05) is 18.2 Å². The minimum Gasteiger partial charge on any atom is -0.494 e. The van der Waals surface area contributed by atoms with E-state index in [0.29, 0.717) is 46.2 Å². The number of aryl methyl sites for hydroxylation is 1. The van der Waals surface area contributed by atoms with Crippen LogP contribution in [0.15, 0.2) is 47.4 Å². The Morgan fingerprint density at radius 1 is 1.14 bits per heavy atom. The fourth-order valence-electron chi connectivity index (χ4n) is 4.48. The van der Waals surface area contributed by atoms with Crippen molar-refractivity contribution < 1.29 is 14.4 Å². The fraction of sp³-hybridized carbons (Fsp3) is 0.320. The quantitative estimate of drug-likeness (QED) is 0.224. The van der Waals surface area contributed by atoms with Gasteiger partial charge >= 0.3 is 0 Å². The Bertz CT molecular complexity index is 1510. The molecule has 3 heterocycles. The van der Waals surface area contributed by atoms with Crippen LogP contribution in [0.1, 0.15) is 12.8 Å². The lowest BCUT2D eigenvalue weighted by molar-refractivity contribution is -0.384. The second kappa shape index (κ2) is 9.78. The summed E-state index contributed by atoms with van der Waals surface area (Å²) in [7, 11) is 3.16. The van der Waals surface area contributed by atoms with Crippen molar-refractivity contribution in [3.63, 3.8) is 0 Å². The molecule has 0 spiro atoms. The first kappa shape index (κ1) is 23.5. The molecule has 36 heavy (non-hydrogen) atoms. The Kier molecular flexibility index (Phi) is 6.38. The zero-order chi connectivity index (χ0) is 25.2. The molecular formula is C25H26N6O5. The van der Waals surface area contributed by atoms with Crippen LogP contribution in [-0.4, -0.2) is 57.7 Å². The molecule has 1 fully saturated rings. The molecule has 0 aliphatic carbocycles. The van der Waals surface area contributed by atoms with Crippen molar-refractivity contribution in [3.05, 3.63) is 63.1 Å². The zero-order valence-electron chi connectivity index (χ0n) is 20.1. The number of pyridine rings is 1. The minimum atomic E-state index is -0.526. The van der Waals surface area contributed by atoms with E-state index < -0.39 is 4.92 Å². The number of rotatable bonds is 8. The molecule has 1 N–H and O–H groups in total. The molecule has 0 atom stereocenters. The molecule has 11 heteroatoms. The Balaban J connectivity index is 1.43. The lowest BCUT2D eigenvalue weighted by atomic mass is 10.1. The molecule has 0 amide bonds. The smallest absolute Gasteiger partial charge is 0.270 e. The van der Waals surface area contributed by atoms with Crippen LogP contribution in [0.25, 0.3) is 21.8 Å². The van der Waals surface area contributed by atoms with Gasteiger partial charge in [0.05, 0.1) is 34.8 Å². The summed E-state index contributed by atoms with van der Waals surface area (Å²) < 4.78 is 12.8. The predicted octanol–water partition coefficient (Wildman–Crippen LogP) is 3.62. The second-order valence-electron chi connectivity index (χ2n) is 8.66. The first-order valence-electron chi connectivity index (χ1n) is 11.7. The van der Waals surface area contributed by atoms with Crippen LogP contribution in [0.5, 0.6) is 11.5 Å². The number of ether oxygens (including phenoxy) is 2.